The second kappa shape index (κ2) is 14.0. The van der Waals surface area contributed by atoms with Crippen LogP contribution in [-0.2, 0) is 32.6 Å². The summed E-state index contributed by atoms with van der Waals surface area (Å²) in [5.74, 6) is -1.33. The van der Waals surface area contributed by atoms with Gasteiger partial charge in [-0.1, -0.05) is 19.6 Å². The first-order chi connectivity index (χ1) is 22.1. The van der Waals surface area contributed by atoms with Crippen LogP contribution in [0.3, 0.4) is 0 Å². The number of carbonyl (C=O) groups is 2. The summed E-state index contributed by atoms with van der Waals surface area (Å²) in [4.78, 5) is 31.4. The quantitative estimate of drug-likeness (QED) is 0.128. The first kappa shape index (κ1) is 34.9. The molecule has 3 aromatic heterocycles. The van der Waals surface area contributed by atoms with E-state index in [-0.39, 0.29) is 42.0 Å². The monoisotopic (exact) mass is 687 g/mol. The number of nitrogens with zero attached hydrogens (tertiary/aromatic N) is 5. The van der Waals surface area contributed by atoms with Gasteiger partial charge in [-0.25, -0.2) is 18.1 Å². The van der Waals surface area contributed by atoms with Crippen molar-refractivity contribution in [2.24, 2.45) is 17.8 Å². The lowest BCUT2D eigenvalue weighted by Gasteiger charge is -2.27. The Kier molecular flexibility index (Phi) is 10.4. The highest BCUT2D eigenvalue weighted by Gasteiger charge is 2.48. The van der Waals surface area contributed by atoms with Crippen LogP contribution in [0.5, 0.6) is 0 Å². The molecule has 0 unspecified atom stereocenters. The molecular formula is C32H46FN7O5SSi. The number of rotatable bonds is 16. The fourth-order valence-electron chi connectivity index (χ4n) is 6.04. The molecule has 15 heteroatoms. The zero-order valence-electron chi connectivity index (χ0n) is 28.0. The van der Waals surface area contributed by atoms with Crippen LogP contribution >= 0.6 is 0 Å². The highest BCUT2D eigenvalue weighted by molar-refractivity contribution is 7.90. The summed E-state index contributed by atoms with van der Waals surface area (Å²) in [6.07, 6.45) is 6.45. The molecule has 256 valence electrons. The Labute approximate surface area is 276 Å². The van der Waals surface area contributed by atoms with E-state index >= 15 is 4.39 Å². The van der Waals surface area contributed by atoms with Gasteiger partial charge >= 0.3 is 0 Å². The zero-order chi connectivity index (χ0) is 34.1. The summed E-state index contributed by atoms with van der Waals surface area (Å²) in [7, 11) is -4.50. The normalized spacial score (nSPS) is 16.0. The first-order valence-corrected chi connectivity index (χ1v) is 22.0. The maximum Gasteiger partial charge on any atom is 0.270 e. The van der Waals surface area contributed by atoms with Gasteiger partial charge in [0, 0.05) is 44.0 Å². The lowest BCUT2D eigenvalue weighted by Crippen LogP contribution is -2.50. The van der Waals surface area contributed by atoms with E-state index in [0.29, 0.717) is 29.7 Å². The number of hydrogen-bond acceptors (Lipinski definition) is 8. The molecule has 2 amide bonds. The molecule has 0 saturated heterocycles. The Balaban J connectivity index is 1.31. The van der Waals surface area contributed by atoms with Gasteiger partial charge < -0.3 is 15.4 Å². The Morgan fingerprint density at radius 3 is 2.36 bits per heavy atom. The van der Waals surface area contributed by atoms with Gasteiger partial charge in [0.05, 0.1) is 18.0 Å². The van der Waals surface area contributed by atoms with Crippen molar-refractivity contribution >= 4 is 35.5 Å². The van der Waals surface area contributed by atoms with Crippen LogP contribution in [0, 0.1) is 37.5 Å². The smallest absolute Gasteiger partial charge is 0.270 e. The van der Waals surface area contributed by atoms with Crippen molar-refractivity contribution < 1.29 is 27.1 Å². The minimum absolute atomic E-state index is 0.0130. The molecule has 3 aromatic rings. The fourth-order valence-corrected chi connectivity index (χ4v) is 7.30. The molecule has 5 rings (SSSR count). The summed E-state index contributed by atoms with van der Waals surface area (Å²) < 4.78 is 47.9. The molecule has 0 bridgehead atoms. The molecule has 2 aliphatic carbocycles. The van der Waals surface area contributed by atoms with Crippen LogP contribution in [0.25, 0.3) is 11.1 Å². The topological polar surface area (TPSA) is 150 Å². The predicted octanol–water partition coefficient (Wildman–Crippen LogP) is 4.43. The van der Waals surface area contributed by atoms with Crippen LogP contribution in [0.2, 0.25) is 25.7 Å². The van der Waals surface area contributed by atoms with E-state index in [2.05, 4.69) is 45.5 Å². The number of nitrogens with one attached hydrogen (secondary N) is 2. The SMILES string of the molecule is Cc1nn(COCC[Si](C)(C)C)c(C)c1-c1ccc(NC(=O)[C@@H](NC(=O)c2ccnn2CCS(C)(=O)=O)C(C2CC2)C2CC2)nc1F. The first-order valence-electron chi connectivity index (χ1n) is 16.2. The highest BCUT2D eigenvalue weighted by atomic mass is 32.2. The summed E-state index contributed by atoms with van der Waals surface area (Å²) in [5.41, 5.74) is 2.46. The van der Waals surface area contributed by atoms with Crippen LogP contribution < -0.4 is 10.6 Å². The molecule has 47 heavy (non-hydrogen) atoms. The standard InChI is InChI=1S/C32H46FN7O5SSi/c1-20-27(21(2)40(38-20)19-45-16-18-47(4,5)6)24-11-12-26(35-30(24)33)36-32(42)29(28(22-7-8-22)23-9-10-23)37-31(41)25-13-14-34-39(25)15-17-46(3,43)44/h11-14,22-23,28-29H,7-10,15-19H2,1-6H3,(H,37,41)(H,35,36,42)/t29-/m0/s1. The summed E-state index contributed by atoms with van der Waals surface area (Å²) in [6.45, 7) is 11.5. The van der Waals surface area contributed by atoms with Crippen LogP contribution in [0.15, 0.2) is 24.4 Å². The second-order valence-corrected chi connectivity index (χ2v) is 22.1. The van der Waals surface area contributed by atoms with Gasteiger partial charge in [-0.15, -0.1) is 0 Å². The molecule has 2 fully saturated rings. The van der Waals surface area contributed by atoms with E-state index in [1.807, 2.05) is 13.8 Å². The lowest BCUT2D eigenvalue weighted by molar-refractivity contribution is -0.119. The molecule has 3 heterocycles. The van der Waals surface area contributed by atoms with Gasteiger partial charge in [-0.3, -0.25) is 14.3 Å². The number of halogens is 1. The number of ether oxygens (including phenoxy) is 1. The fraction of sp³-hybridized carbons (Fsp3) is 0.594. The van der Waals surface area contributed by atoms with Gasteiger partial charge in [0.2, 0.25) is 11.9 Å². The van der Waals surface area contributed by atoms with Crippen molar-refractivity contribution in [3.8, 4) is 11.1 Å². The molecule has 0 aliphatic heterocycles. The molecule has 2 N–H and O–H groups in total. The number of pyridine rings is 1. The van der Waals surface area contributed by atoms with E-state index < -0.39 is 41.7 Å². The van der Waals surface area contributed by atoms with Crippen LogP contribution in [0.1, 0.15) is 47.6 Å². The van der Waals surface area contributed by atoms with Crippen molar-refractivity contribution in [3.05, 3.63) is 47.4 Å². The van der Waals surface area contributed by atoms with Crippen molar-refractivity contribution in [1.29, 1.82) is 0 Å². The molecular weight excluding hydrogens is 642 g/mol. The molecule has 0 aromatic carbocycles. The van der Waals surface area contributed by atoms with E-state index in [9.17, 15) is 18.0 Å². The number of carbonyl (C=O) groups excluding carboxylic acids is 2. The third kappa shape index (κ3) is 9.14. The third-order valence-corrected chi connectivity index (χ3v) is 11.5. The van der Waals surface area contributed by atoms with Gasteiger partial charge in [0.25, 0.3) is 5.91 Å². The number of aromatic nitrogens is 5. The minimum atomic E-state index is -3.27. The number of aryl methyl sites for hydroxylation is 2. The molecule has 1 atom stereocenters. The number of amides is 2. The Bertz CT molecular complexity index is 1720. The Morgan fingerprint density at radius 2 is 1.77 bits per heavy atom. The summed E-state index contributed by atoms with van der Waals surface area (Å²) in [5, 5.41) is 14.3. The molecule has 0 spiro atoms. The molecule has 0 radical (unpaired) electrons. The molecule has 2 aliphatic rings. The van der Waals surface area contributed by atoms with Gasteiger partial charge in [-0.05, 0) is 81.5 Å². The van der Waals surface area contributed by atoms with Gasteiger partial charge in [-0.2, -0.15) is 14.6 Å². The van der Waals surface area contributed by atoms with Crippen molar-refractivity contribution in [2.75, 3.05) is 23.9 Å². The maximum absolute atomic E-state index is 15.6. The highest BCUT2D eigenvalue weighted by Crippen LogP contribution is 2.51. The zero-order valence-corrected chi connectivity index (χ0v) is 29.9. The second-order valence-electron chi connectivity index (χ2n) is 14.2. The van der Waals surface area contributed by atoms with E-state index in [1.165, 1.54) is 16.9 Å². The van der Waals surface area contributed by atoms with Gasteiger partial charge in [0.1, 0.15) is 34.1 Å². The lowest BCUT2D eigenvalue weighted by atomic mass is 9.88. The summed E-state index contributed by atoms with van der Waals surface area (Å²) in [6, 6.07) is 4.79. The van der Waals surface area contributed by atoms with E-state index in [0.717, 1.165) is 43.7 Å². The minimum Gasteiger partial charge on any atom is -0.360 e. The Morgan fingerprint density at radius 1 is 1.09 bits per heavy atom. The van der Waals surface area contributed by atoms with E-state index in [1.54, 1.807) is 16.8 Å². The van der Waals surface area contributed by atoms with E-state index in [4.69, 9.17) is 4.74 Å². The van der Waals surface area contributed by atoms with Crippen LogP contribution in [0.4, 0.5) is 10.2 Å². The average Bonchev–Trinajstić information content (AvgIpc) is 3.91. The van der Waals surface area contributed by atoms with Crippen molar-refractivity contribution in [1.82, 2.24) is 29.9 Å². The average molecular weight is 688 g/mol. The molecule has 12 nitrogen and oxygen atoms in total. The predicted molar refractivity (Wildman–Crippen MR) is 180 cm³/mol. The Hall–Kier alpha value is -3.43. The molecule has 2 saturated carbocycles. The third-order valence-electron chi connectivity index (χ3n) is 8.87. The number of hydrogen-bond donors (Lipinski definition) is 2. The number of sulfone groups is 1. The van der Waals surface area contributed by atoms with Crippen molar-refractivity contribution in [3.63, 3.8) is 0 Å². The largest absolute Gasteiger partial charge is 0.360 e. The maximum atomic E-state index is 15.6. The van der Waals surface area contributed by atoms with Crippen LogP contribution in [-0.4, -0.2) is 77.5 Å². The van der Waals surface area contributed by atoms with Crippen molar-refractivity contribution in [2.45, 2.75) is 84.5 Å². The number of anilines is 1. The summed E-state index contributed by atoms with van der Waals surface area (Å²) >= 11 is 0. The van der Waals surface area contributed by atoms with Gasteiger partial charge in [0.15, 0.2) is 0 Å².